The fourth-order valence-electron chi connectivity index (χ4n) is 2.40. The van der Waals surface area contributed by atoms with Crippen LogP contribution in [0, 0.1) is 20.8 Å². The molecule has 0 aliphatic carbocycles. The number of hydrogen-bond donors (Lipinski definition) is 1. The van der Waals surface area contributed by atoms with Gasteiger partial charge in [-0.15, -0.1) is 0 Å². The number of hydrogen-bond acceptors (Lipinski definition) is 1. The molecule has 1 N–H and O–H groups in total. The minimum absolute atomic E-state index is 0.0653. The van der Waals surface area contributed by atoms with Gasteiger partial charge in [-0.3, -0.25) is 4.79 Å². The van der Waals surface area contributed by atoms with E-state index >= 15 is 0 Å². The Bertz CT molecular complexity index is 406. The Morgan fingerprint density at radius 2 is 1.63 bits per heavy atom. The van der Waals surface area contributed by atoms with Crippen LogP contribution in [0.1, 0.15) is 52.7 Å². The van der Waals surface area contributed by atoms with Crippen LogP contribution in [-0.2, 0) is 0 Å². The summed E-state index contributed by atoms with van der Waals surface area (Å²) in [6.45, 7) is 6.84. The second-order valence-electron chi connectivity index (χ2n) is 5.13. The summed E-state index contributed by atoms with van der Waals surface area (Å²) in [5.74, 6) is 0.0653. The number of aryl methyl sites for hydroxylation is 3. The zero-order chi connectivity index (χ0) is 14.3. The molecule has 0 atom stereocenters. The summed E-state index contributed by atoms with van der Waals surface area (Å²) >= 11 is 3.42. The SMILES string of the molecule is Cc1cc(C)c(C(=O)NCCCCCCBr)c(C)c1. The Kier molecular flexibility index (Phi) is 7.14. The predicted molar refractivity (Wildman–Crippen MR) is 85.2 cm³/mol. The summed E-state index contributed by atoms with van der Waals surface area (Å²) in [6, 6.07) is 4.13. The van der Waals surface area contributed by atoms with Gasteiger partial charge in [-0.1, -0.05) is 46.5 Å². The normalized spacial score (nSPS) is 10.5. The maximum Gasteiger partial charge on any atom is 0.251 e. The molecule has 0 radical (unpaired) electrons. The smallest absolute Gasteiger partial charge is 0.251 e. The zero-order valence-electron chi connectivity index (χ0n) is 12.2. The minimum atomic E-state index is 0.0653. The molecule has 1 aromatic rings. The van der Waals surface area contributed by atoms with Crippen molar-refractivity contribution in [2.24, 2.45) is 0 Å². The average molecular weight is 326 g/mol. The Morgan fingerprint density at radius 3 is 2.21 bits per heavy atom. The number of halogens is 1. The Balaban J connectivity index is 2.46. The summed E-state index contributed by atoms with van der Waals surface area (Å²) in [5.41, 5.74) is 4.18. The Labute approximate surface area is 125 Å². The summed E-state index contributed by atoms with van der Waals surface area (Å²) in [5, 5.41) is 4.10. The van der Waals surface area contributed by atoms with Crippen molar-refractivity contribution in [2.75, 3.05) is 11.9 Å². The third-order valence-electron chi connectivity index (χ3n) is 3.25. The van der Waals surface area contributed by atoms with E-state index in [4.69, 9.17) is 0 Å². The molecule has 0 heterocycles. The van der Waals surface area contributed by atoms with Gasteiger partial charge < -0.3 is 5.32 Å². The molecule has 19 heavy (non-hydrogen) atoms. The maximum atomic E-state index is 12.2. The predicted octanol–water partition coefficient (Wildman–Crippen LogP) is 4.30. The van der Waals surface area contributed by atoms with Crippen molar-refractivity contribution >= 4 is 21.8 Å². The second kappa shape index (κ2) is 8.36. The van der Waals surface area contributed by atoms with Gasteiger partial charge in [-0.05, 0) is 44.7 Å². The first-order chi connectivity index (χ1) is 9.06. The summed E-state index contributed by atoms with van der Waals surface area (Å²) in [6.07, 6.45) is 4.67. The maximum absolute atomic E-state index is 12.2. The van der Waals surface area contributed by atoms with Crippen molar-refractivity contribution in [3.05, 3.63) is 34.4 Å². The molecule has 0 saturated heterocycles. The van der Waals surface area contributed by atoms with Gasteiger partial charge in [-0.25, -0.2) is 0 Å². The van der Waals surface area contributed by atoms with Crippen molar-refractivity contribution < 1.29 is 4.79 Å². The fraction of sp³-hybridized carbons (Fsp3) is 0.562. The Morgan fingerprint density at radius 1 is 1.05 bits per heavy atom. The van der Waals surface area contributed by atoms with Gasteiger partial charge in [0.05, 0.1) is 0 Å². The van der Waals surface area contributed by atoms with E-state index in [-0.39, 0.29) is 5.91 Å². The van der Waals surface area contributed by atoms with Gasteiger partial charge in [0, 0.05) is 17.4 Å². The van der Waals surface area contributed by atoms with E-state index in [0.717, 1.165) is 35.0 Å². The first-order valence-electron chi connectivity index (χ1n) is 6.98. The van der Waals surface area contributed by atoms with E-state index in [0.29, 0.717) is 0 Å². The molecule has 0 bridgehead atoms. The molecule has 0 aliphatic rings. The van der Waals surface area contributed by atoms with Gasteiger partial charge in [0.1, 0.15) is 0 Å². The number of alkyl halides is 1. The van der Waals surface area contributed by atoms with E-state index < -0.39 is 0 Å². The number of carbonyl (C=O) groups is 1. The highest BCUT2D eigenvalue weighted by Gasteiger charge is 2.11. The zero-order valence-corrected chi connectivity index (χ0v) is 13.8. The summed E-state index contributed by atoms with van der Waals surface area (Å²) < 4.78 is 0. The summed E-state index contributed by atoms with van der Waals surface area (Å²) in [4.78, 5) is 12.2. The number of unbranched alkanes of at least 4 members (excludes halogenated alkanes) is 3. The lowest BCUT2D eigenvalue weighted by atomic mass is 9.99. The first-order valence-corrected chi connectivity index (χ1v) is 8.10. The molecule has 3 heteroatoms. The third-order valence-corrected chi connectivity index (χ3v) is 3.81. The van der Waals surface area contributed by atoms with Crippen LogP contribution >= 0.6 is 15.9 Å². The third kappa shape index (κ3) is 5.35. The highest BCUT2D eigenvalue weighted by Crippen LogP contribution is 2.16. The lowest BCUT2D eigenvalue weighted by molar-refractivity contribution is 0.0951. The molecular weight excluding hydrogens is 302 g/mol. The number of benzene rings is 1. The van der Waals surface area contributed by atoms with Crippen molar-refractivity contribution in [3.63, 3.8) is 0 Å². The standard InChI is InChI=1S/C16H24BrNO/c1-12-10-13(2)15(14(3)11-12)16(19)18-9-7-5-4-6-8-17/h10-11H,4-9H2,1-3H3,(H,18,19). The second-order valence-corrected chi connectivity index (χ2v) is 5.93. The molecule has 0 spiro atoms. The molecule has 2 nitrogen and oxygen atoms in total. The van der Waals surface area contributed by atoms with Crippen LogP contribution in [0.3, 0.4) is 0 Å². The van der Waals surface area contributed by atoms with E-state index in [2.05, 4.69) is 40.3 Å². The molecule has 106 valence electrons. The van der Waals surface area contributed by atoms with Crippen molar-refractivity contribution in [1.29, 1.82) is 0 Å². The van der Waals surface area contributed by atoms with Gasteiger partial charge in [-0.2, -0.15) is 0 Å². The topological polar surface area (TPSA) is 29.1 Å². The number of rotatable bonds is 7. The van der Waals surface area contributed by atoms with Crippen LogP contribution in [0.25, 0.3) is 0 Å². The molecule has 0 aliphatic heterocycles. The molecule has 0 fully saturated rings. The largest absolute Gasteiger partial charge is 0.352 e. The highest BCUT2D eigenvalue weighted by atomic mass is 79.9. The lowest BCUT2D eigenvalue weighted by Gasteiger charge is -2.11. The summed E-state index contributed by atoms with van der Waals surface area (Å²) in [7, 11) is 0. The number of amides is 1. The molecule has 0 saturated carbocycles. The van der Waals surface area contributed by atoms with Gasteiger partial charge in [0.15, 0.2) is 0 Å². The van der Waals surface area contributed by atoms with Crippen molar-refractivity contribution in [1.82, 2.24) is 5.32 Å². The first kappa shape index (κ1) is 16.2. The van der Waals surface area contributed by atoms with Crippen LogP contribution in [0.15, 0.2) is 12.1 Å². The quantitative estimate of drug-likeness (QED) is 0.587. The Hall–Kier alpha value is -0.830. The van der Waals surface area contributed by atoms with Crippen molar-refractivity contribution in [2.45, 2.75) is 46.5 Å². The van der Waals surface area contributed by atoms with Crippen LogP contribution in [0.4, 0.5) is 0 Å². The minimum Gasteiger partial charge on any atom is -0.352 e. The molecular formula is C16H24BrNO. The van der Waals surface area contributed by atoms with Crippen LogP contribution < -0.4 is 5.32 Å². The molecule has 1 rings (SSSR count). The van der Waals surface area contributed by atoms with E-state index in [9.17, 15) is 4.79 Å². The average Bonchev–Trinajstić information content (AvgIpc) is 2.32. The monoisotopic (exact) mass is 325 g/mol. The van der Waals surface area contributed by atoms with Crippen LogP contribution in [0.2, 0.25) is 0 Å². The number of carbonyl (C=O) groups excluding carboxylic acids is 1. The highest BCUT2D eigenvalue weighted by molar-refractivity contribution is 9.09. The van der Waals surface area contributed by atoms with Gasteiger partial charge in [0.25, 0.3) is 5.91 Å². The molecule has 0 aromatic heterocycles. The molecule has 0 unspecified atom stereocenters. The molecule has 1 aromatic carbocycles. The van der Waals surface area contributed by atoms with Gasteiger partial charge >= 0.3 is 0 Å². The van der Waals surface area contributed by atoms with Crippen LogP contribution in [-0.4, -0.2) is 17.8 Å². The van der Waals surface area contributed by atoms with E-state index in [1.54, 1.807) is 0 Å². The van der Waals surface area contributed by atoms with E-state index in [1.165, 1.54) is 24.8 Å². The van der Waals surface area contributed by atoms with Crippen molar-refractivity contribution in [3.8, 4) is 0 Å². The van der Waals surface area contributed by atoms with E-state index in [1.807, 2.05) is 13.8 Å². The van der Waals surface area contributed by atoms with Gasteiger partial charge in [0.2, 0.25) is 0 Å². The lowest BCUT2D eigenvalue weighted by Crippen LogP contribution is -2.26. The number of nitrogens with one attached hydrogen (secondary N) is 1. The molecule has 1 amide bonds. The van der Waals surface area contributed by atoms with Crippen LogP contribution in [0.5, 0.6) is 0 Å². The fourth-order valence-corrected chi connectivity index (χ4v) is 2.80.